The first-order valence-electron chi connectivity index (χ1n) is 26.9. The van der Waals surface area contributed by atoms with Crippen molar-refractivity contribution in [3.05, 3.63) is 72.6 Å². The average Bonchev–Trinajstić information content (AvgIpc) is 4.36. The van der Waals surface area contributed by atoms with Crippen LogP contribution in [0.15, 0.2) is 61.2 Å². The first kappa shape index (κ1) is 51.8. The molecule has 23 heteroatoms. The Morgan fingerprint density at radius 1 is 0.597 bits per heavy atom. The molecule has 406 valence electrons. The molecule has 6 aliphatic rings. The van der Waals surface area contributed by atoms with Crippen molar-refractivity contribution in [3.63, 3.8) is 0 Å². The maximum Gasteiger partial charge on any atom is 0.401 e. The lowest BCUT2D eigenvalue weighted by atomic mass is 10.1. The first-order chi connectivity index (χ1) is 37.0. The molecule has 6 fully saturated rings. The Labute approximate surface area is 443 Å². The van der Waals surface area contributed by atoms with E-state index in [1.54, 1.807) is 79.8 Å². The van der Waals surface area contributed by atoms with Gasteiger partial charge in [-0.15, -0.1) is 0 Å². The molecule has 0 radical (unpaired) electrons. The lowest BCUT2D eigenvalue weighted by Gasteiger charge is -2.29. The molecule has 4 amide bonds. The van der Waals surface area contributed by atoms with Crippen LogP contribution in [0, 0.1) is 0 Å². The molecular formula is C54H65F3N16O4. The predicted molar refractivity (Wildman–Crippen MR) is 285 cm³/mol. The fraction of sp³-hybridized carbons (Fsp3) is 0.519. The minimum Gasteiger partial charge on any atom is -0.343 e. The van der Waals surface area contributed by atoms with Gasteiger partial charge >= 0.3 is 6.18 Å². The van der Waals surface area contributed by atoms with Gasteiger partial charge in [0.05, 0.1) is 30.3 Å². The summed E-state index contributed by atoms with van der Waals surface area (Å²) < 4.78 is 43.6. The number of carbonyl (C=O) groups excluding carboxylic acids is 4. The van der Waals surface area contributed by atoms with Gasteiger partial charge in [0.25, 0.3) is 11.8 Å². The maximum atomic E-state index is 13.2. The number of anilines is 6. The summed E-state index contributed by atoms with van der Waals surface area (Å²) in [4.78, 5) is 87.0. The van der Waals surface area contributed by atoms with Crippen LogP contribution in [0.3, 0.4) is 0 Å². The number of pyridine rings is 2. The second-order valence-electron chi connectivity index (χ2n) is 21.8. The lowest BCUT2D eigenvalue weighted by Crippen LogP contribution is -2.44. The number of hydrogen-bond acceptors (Lipinski definition) is 14. The third kappa shape index (κ3) is 10.9. The van der Waals surface area contributed by atoms with Crippen molar-refractivity contribution >= 4 is 80.6 Å². The summed E-state index contributed by atoms with van der Waals surface area (Å²) in [5.41, 5.74) is 4.04. The van der Waals surface area contributed by atoms with E-state index in [4.69, 9.17) is 9.97 Å². The van der Waals surface area contributed by atoms with Crippen molar-refractivity contribution in [3.8, 4) is 0 Å². The zero-order valence-electron chi connectivity index (χ0n) is 43.8. The Bertz CT molecular complexity index is 3170. The van der Waals surface area contributed by atoms with E-state index in [1.807, 2.05) is 33.7 Å². The van der Waals surface area contributed by atoms with E-state index in [1.165, 1.54) is 4.90 Å². The molecule has 12 rings (SSSR count). The van der Waals surface area contributed by atoms with Crippen LogP contribution in [0.5, 0.6) is 0 Å². The van der Waals surface area contributed by atoms with Gasteiger partial charge in [-0.3, -0.25) is 24.1 Å². The Morgan fingerprint density at radius 3 is 1.56 bits per heavy atom. The third-order valence-electron chi connectivity index (χ3n) is 16.1. The van der Waals surface area contributed by atoms with E-state index in [0.717, 1.165) is 86.3 Å². The van der Waals surface area contributed by atoms with Gasteiger partial charge in [-0.2, -0.15) is 23.1 Å². The minimum absolute atomic E-state index is 0.0295. The molecule has 6 aromatic heterocycles. The van der Waals surface area contributed by atoms with Crippen LogP contribution in [-0.4, -0.2) is 156 Å². The molecule has 2 saturated carbocycles. The maximum absolute atomic E-state index is 13.2. The molecule has 0 spiro atoms. The number of aromatic nitrogens is 8. The largest absolute Gasteiger partial charge is 0.401 e. The Kier molecular flexibility index (Phi) is 14.3. The molecule has 4 saturated heterocycles. The number of fused-ring (bicyclic) bond motifs is 6. The van der Waals surface area contributed by atoms with Crippen LogP contribution >= 0.6 is 0 Å². The van der Waals surface area contributed by atoms with Crippen LogP contribution < -0.4 is 25.8 Å². The van der Waals surface area contributed by atoms with E-state index in [9.17, 15) is 32.3 Å². The van der Waals surface area contributed by atoms with Crippen molar-refractivity contribution in [2.75, 3.05) is 68.3 Å². The van der Waals surface area contributed by atoms with Crippen molar-refractivity contribution in [1.29, 1.82) is 0 Å². The van der Waals surface area contributed by atoms with Gasteiger partial charge in [-0.05, 0) is 87.8 Å². The van der Waals surface area contributed by atoms with Gasteiger partial charge in [-0.25, -0.2) is 19.9 Å². The summed E-state index contributed by atoms with van der Waals surface area (Å²) in [6.45, 7) is -0.120. The first-order valence-corrected chi connectivity index (χ1v) is 26.9. The molecule has 4 atom stereocenters. The van der Waals surface area contributed by atoms with Gasteiger partial charge < -0.3 is 44.7 Å². The van der Waals surface area contributed by atoms with E-state index in [0.29, 0.717) is 84.1 Å². The van der Waals surface area contributed by atoms with E-state index >= 15 is 0 Å². The highest BCUT2D eigenvalue weighted by Crippen LogP contribution is 2.38. The Morgan fingerprint density at radius 2 is 1.08 bits per heavy atom. The fourth-order valence-electron chi connectivity index (χ4n) is 12.3. The molecule has 0 unspecified atom stereocenters. The van der Waals surface area contributed by atoms with Crippen LogP contribution in [0.1, 0.15) is 123 Å². The summed E-state index contributed by atoms with van der Waals surface area (Å²) in [5.74, 6) is 1.64. The standard InChI is InChI=1S/C28H33F3N8O2.C26H32N8O2/c1-36(2)26(41)22-11-17-13-33-27(35-25(17)39(22)18-5-3-4-6-18)34-23-10-9-20(14-32-23)37-15-21-8-7-19(12-24(37)40)38(21)16-28(29,30)31;1-32(2)25(36)21-11-16-13-28-26(31-24(16)34(21)19-5-3-4-6-19)30-22-10-9-20(14-27-22)33-15-18-8-7-17(29-18)12-23(33)35/h9-11,13-14,18-19,21H,3-8,12,15-16H2,1-2H3,(H,32,33,34,35);9-11,13-14,17-19,29H,3-8,12,15H2,1-2H3,(H,27,28,30,31)/t19-,21+;17-,18+/m00/s1. The molecule has 3 N–H and O–H groups in total. The van der Waals surface area contributed by atoms with E-state index < -0.39 is 18.8 Å². The van der Waals surface area contributed by atoms with Crippen molar-refractivity contribution in [2.24, 2.45) is 0 Å². The molecule has 20 nitrogen and oxygen atoms in total. The fourth-order valence-corrected chi connectivity index (χ4v) is 12.3. The molecular weight excluding hydrogens is 994 g/mol. The van der Waals surface area contributed by atoms with Crippen molar-refractivity contribution in [2.45, 2.75) is 132 Å². The number of amides is 4. The highest BCUT2D eigenvalue weighted by molar-refractivity contribution is 5.99. The highest BCUT2D eigenvalue weighted by atomic mass is 19.4. The number of hydrogen-bond donors (Lipinski definition) is 3. The smallest absolute Gasteiger partial charge is 0.343 e. The number of nitrogens with zero attached hydrogens (tertiary/aromatic N) is 13. The third-order valence-corrected chi connectivity index (χ3v) is 16.1. The van der Waals surface area contributed by atoms with Crippen LogP contribution in [0.2, 0.25) is 0 Å². The zero-order valence-corrected chi connectivity index (χ0v) is 43.8. The summed E-state index contributed by atoms with van der Waals surface area (Å²) in [6.07, 6.45) is 15.0. The molecule has 10 heterocycles. The number of carbonyl (C=O) groups is 4. The number of halogens is 3. The van der Waals surface area contributed by atoms with Gasteiger partial charge in [0, 0.05) is 114 Å². The normalized spacial score (nSPS) is 22.1. The topological polar surface area (TPSA) is 208 Å². The molecule has 6 aromatic rings. The van der Waals surface area contributed by atoms with Gasteiger partial charge in [0.15, 0.2) is 0 Å². The van der Waals surface area contributed by atoms with Crippen LogP contribution in [0.4, 0.5) is 48.1 Å². The van der Waals surface area contributed by atoms with Gasteiger partial charge in [0.1, 0.15) is 34.3 Å². The average molecular weight is 1060 g/mol. The monoisotopic (exact) mass is 1060 g/mol. The summed E-state index contributed by atoms with van der Waals surface area (Å²) in [6, 6.07) is 11.3. The molecule has 4 aliphatic heterocycles. The second kappa shape index (κ2) is 21.3. The molecule has 0 aromatic carbocycles. The van der Waals surface area contributed by atoms with E-state index in [-0.39, 0.29) is 54.7 Å². The second-order valence-corrected chi connectivity index (χ2v) is 21.8. The predicted octanol–water partition coefficient (Wildman–Crippen LogP) is 7.76. The number of alkyl halides is 3. The lowest BCUT2D eigenvalue weighted by molar-refractivity contribution is -0.151. The summed E-state index contributed by atoms with van der Waals surface area (Å²) >= 11 is 0. The molecule has 4 bridgehead atoms. The highest BCUT2D eigenvalue weighted by Gasteiger charge is 2.45. The number of nitrogens with one attached hydrogen (secondary N) is 3. The minimum atomic E-state index is -4.30. The SMILES string of the molecule is CN(C)C(=O)c1cc2cnc(Nc3ccc(N4C[C@H]5CC[C@@H](CC4=O)N5)cn3)nc2n1C1CCCC1.CN(C)C(=O)c1cc2cnc(Nc3ccc(N4C[C@H]5CC[C@@H](CC4=O)N5CC(F)(F)F)cn3)nc2n1C1CCCC1. The van der Waals surface area contributed by atoms with Gasteiger partial charge in [-0.1, -0.05) is 25.7 Å². The quantitative estimate of drug-likeness (QED) is 0.113. The Balaban J connectivity index is 0.000000165. The zero-order chi connectivity index (χ0) is 53.7. The number of rotatable bonds is 11. The van der Waals surface area contributed by atoms with Crippen LogP contribution in [0.25, 0.3) is 22.1 Å². The van der Waals surface area contributed by atoms with E-state index in [2.05, 4.69) is 40.5 Å². The van der Waals surface area contributed by atoms with Crippen molar-refractivity contribution in [1.82, 2.24) is 59.1 Å². The molecule has 77 heavy (non-hydrogen) atoms. The summed E-state index contributed by atoms with van der Waals surface area (Å²) in [7, 11) is 7.00. The Hall–Kier alpha value is -7.27. The summed E-state index contributed by atoms with van der Waals surface area (Å²) in [5, 5.41) is 11.5. The van der Waals surface area contributed by atoms with Crippen molar-refractivity contribution < 1.29 is 32.3 Å². The van der Waals surface area contributed by atoms with Gasteiger partial charge in [0.2, 0.25) is 23.7 Å². The van der Waals surface area contributed by atoms with Crippen LogP contribution in [-0.2, 0) is 9.59 Å². The molecule has 2 aliphatic carbocycles.